The van der Waals surface area contributed by atoms with E-state index in [1.165, 1.54) is 19.3 Å². The van der Waals surface area contributed by atoms with Crippen molar-refractivity contribution in [1.29, 1.82) is 0 Å². The highest BCUT2D eigenvalue weighted by Crippen LogP contribution is 2.28. The maximum absolute atomic E-state index is 11.2. The maximum Gasteiger partial charge on any atom is 0.309 e. The van der Waals surface area contributed by atoms with E-state index in [9.17, 15) is 15.0 Å². The van der Waals surface area contributed by atoms with Crippen molar-refractivity contribution in [3.8, 4) is 0 Å². The number of hydrogen-bond acceptors (Lipinski definition) is 2. The Bertz CT molecular complexity index is 224. The van der Waals surface area contributed by atoms with E-state index in [-0.39, 0.29) is 0 Å². The number of aliphatic carboxylic acids is 1. The molecule has 0 aliphatic rings. The molecule has 0 aliphatic carbocycles. The highest BCUT2D eigenvalue weighted by atomic mass is 16.4. The van der Waals surface area contributed by atoms with Gasteiger partial charge in [-0.25, -0.2) is 0 Å². The summed E-state index contributed by atoms with van der Waals surface area (Å²) < 4.78 is 0. The van der Waals surface area contributed by atoms with Crippen LogP contribution in [0.4, 0.5) is 0 Å². The largest absolute Gasteiger partial charge is 0.481 e. The highest BCUT2D eigenvalue weighted by molar-refractivity contribution is 5.71. The lowest BCUT2D eigenvalue weighted by Gasteiger charge is -2.30. The molecule has 0 aliphatic heterocycles. The fourth-order valence-corrected chi connectivity index (χ4v) is 2.37. The number of carbonyl (C=O) groups is 1. The monoisotopic (exact) mass is 258 g/mol. The Balaban J connectivity index is 4.14. The van der Waals surface area contributed by atoms with Crippen LogP contribution in [0.5, 0.6) is 0 Å². The first-order chi connectivity index (χ1) is 8.45. The van der Waals surface area contributed by atoms with Crippen LogP contribution in [0.2, 0.25) is 0 Å². The smallest absolute Gasteiger partial charge is 0.309 e. The lowest BCUT2D eigenvalue weighted by atomic mass is 9.81. The third-order valence-corrected chi connectivity index (χ3v) is 3.68. The van der Waals surface area contributed by atoms with Crippen LogP contribution in [0, 0.1) is 5.92 Å². The molecule has 108 valence electrons. The van der Waals surface area contributed by atoms with E-state index in [1.54, 1.807) is 6.92 Å². The summed E-state index contributed by atoms with van der Waals surface area (Å²) in [7, 11) is 0. The molecule has 2 atom stereocenters. The average molecular weight is 258 g/mol. The molecule has 2 N–H and O–H groups in total. The molecule has 0 aromatic carbocycles. The van der Waals surface area contributed by atoms with E-state index in [4.69, 9.17) is 0 Å². The number of unbranched alkanes of at least 4 members (excludes halogenated alkanes) is 5. The molecule has 0 fully saturated rings. The van der Waals surface area contributed by atoms with Crippen molar-refractivity contribution in [2.24, 2.45) is 5.92 Å². The van der Waals surface area contributed by atoms with Crippen LogP contribution < -0.4 is 0 Å². The lowest BCUT2D eigenvalue weighted by molar-refractivity contribution is -0.152. The van der Waals surface area contributed by atoms with Gasteiger partial charge < -0.3 is 10.2 Å². The van der Waals surface area contributed by atoms with Crippen molar-refractivity contribution in [2.45, 2.75) is 84.2 Å². The summed E-state index contributed by atoms with van der Waals surface area (Å²) in [6, 6.07) is 0. The Kier molecular flexibility index (Phi) is 9.08. The van der Waals surface area contributed by atoms with Gasteiger partial charge in [0, 0.05) is 0 Å². The normalized spacial score (nSPS) is 16.2. The first-order valence-electron chi connectivity index (χ1n) is 7.40. The maximum atomic E-state index is 11.2. The SMILES string of the molecule is CCCCCCCC(C)(O)C(CCCC)C(=O)O. The van der Waals surface area contributed by atoms with E-state index in [0.29, 0.717) is 12.8 Å². The second kappa shape index (κ2) is 9.37. The summed E-state index contributed by atoms with van der Waals surface area (Å²) in [6.45, 7) is 5.89. The van der Waals surface area contributed by atoms with Crippen LogP contribution in [-0.4, -0.2) is 21.8 Å². The summed E-state index contributed by atoms with van der Waals surface area (Å²) >= 11 is 0. The fraction of sp³-hybridized carbons (Fsp3) is 0.933. The van der Waals surface area contributed by atoms with E-state index in [2.05, 4.69) is 6.92 Å². The zero-order valence-electron chi connectivity index (χ0n) is 12.2. The standard InChI is InChI=1S/C15H30O3/c1-4-6-8-9-10-12-15(3,18)13(14(16)17)11-7-5-2/h13,18H,4-12H2,1-3H3,(H,16,17). The first kappa shape index (κ1) is 17.4. The Morgan fingerprint density at radius 2 is 1.61 bits per heavy atom. The predicted octanol–water partition coefficient (Wildman–Crippen LogP) is 3.99. The summed E-state index contributed by atoms with van der Waals surface area (Å²) in [5.74, 6) is -1.48. The molecule has 0 saturated heterocycles. The van der Waals surface area contributed by atoms with Gasteiger partial charge in [0.2, 0.25) is 0 Å². The molecule has 3 nitrogen and oxygen atoms in total. The molecule has 0 saturated carbocycles. The molecule has 0 heterocycles. The molecule has 3 heteroatoms. The number of aliphatic hydroxyl groups is 1. The Morgan fingerprint density at radius 1 is 1.06 bits per heavy atom. The van der Waals surface area contributed by atoms with Gasteiger partial charge in [0.25, 0.3) is 0 Å². The number of hydrogen-bond donors (Lipinski definition) is 2. The summed E-state index contributed by atoms with van der Waals surface area (Å²) in [5, 5.41) is 19.6. The topological polar surface area (TPSA) is 57.5 Å². The van der Waals surface area contributed by atoms with E-state index in [0.717, 1.165) is 25.7 Å². The molecule has 0 radical (unpaired) electrons. The molecule has 0 amide bonds. The molecule has 0 aromatic heterocycles. The zero-order chi connectivity index (χ0) is 14.0. The van der Waals surface area contributed by atoms with Crippen molar-refractivity contribution >= 4 is 5.97 Å². The van der Waals surface area contributed by atoms with Crippen molar-refractivity contribution in [3.63, 3.8) is 0 Å². The van der Waals surface area contributed by atoms with E-state index in [1.807, 2.05) is 6.92 Å². The van der Waals surface area contributed by atoms with Gasteiger partial charge in [0.1, 0.15) is 0 Å². The second-order valence-electron chi connectivity index (χ2n) is 5.55. The summed E-state index contributed by atoms with van der Waals surface area (Å²) in [4.78, 5) is 11.2. The van der Waals surface area contributed by atoms with Crippen LogP contribution in [0.1, 0.15) is 78.6 Å². The van der Waals surface area contributed by atoms with Gasteiger partial charge in [0.15, 0.2) is 0 Å². The Hall–Kier alpha value is -0.570. The molecule has 2 unspecified atom stereocenters. The number of carboxylic acid groups (broad SMARTS) is 1. The van der Waals surface area contributed by atoms with Gasteiger partial charge in [-0.15, -0.1) is 0 Å². The number of rotatable bonds is 11. The first-order valence-corrected chi connectivity index (χ1v) is 7.40. The minimum atomic E-state index is -1.06. The van der Waals surface area contributed by atoms with Crippen LogP contribution >= 0.6 is 0 Å². The minimum absolute atomic E-state index is 0.577. The molecule has 18 heavy (non-hydrogen) atoms. The molecule has 0 spiro atoms. The molecular weight excluding hydrogens is 228 g/mol. The quantitative estimate of drug-likeness (QED) is 0.551. The van der Waals surface area contributed by atoms with Gasteiger partial charge in [-0.2, -0.15) is 0 Å². The van der Waals surface area contributed by atoms with Crippen molar-refractivity contribution in [3.05, 3.63) is 0 Å². The van der Waals surface area contributed by atoms with E-state index >= 15 is 0 Å². The Morgan fingerprint density at radius 3 is 2.11 bits per heavy atom. The zero-order valence-corrected chi connectivity index (χ0v) is 12.2. The molecular formula is C15H30O3. The fourth-order valence-electron chi connectivity index (χ4n) is 2.37. The van der Waals surface area contributed by atoms with E-state index < -0.39 is 17.5 Å². The van der Waals surface area contributed by atoms with Crippen LogP contribution in [-0.2, 0) is 4.79 Å². The highest BCUT2D eigenvalue weighted by Gasteiger charge is 2.36. The van der Waals surface area contributed by atoms with Gasteiger partial charge >= 0.3 is 5.97 Å². The molecule has 0 bridgehead atoms. The van der Waals surface area contributed by atoms with Crippen molar-refractivity contribution in [2.75, 3.05) is 0 Å². The van der Waals surface area contributed by atoms with Gasteiger partial charge in [0.05, 0.1) is 11.5 Å². The molecule has 0 rings (SSSR count). The van der Waals surface area contributed by atoms with Gasteiger partial charge in [-0.1, -0.05) is 58.8 Å². The average Bonchev–Trinajstić information content (AvgIpc) is 2.28. The molecule has 0 aromatic rings. The van der Waals surface area contributed by atoms with Crippen molar-refractivity contribution in [1.82, 2.24) is 0 Å². The third kappa shape index (κ3) is 7.00. The Labute approximate surface area is 112 Å². The van der Waals surface area contributed by atoms with Crippen LogP contribution in [0.25, 0.3) is 0 Å². The van der Waals surface area contributed by atoms with Gasteiger partial charge in [-0.05, 0) is 19.8 Å². The predicted molar refractivity (Wildman–Crippen MR) is 74.7 cm³/mol. The second-order valence-corrected chi connectivity index (χ2v) is 5.55. The van der Waals surface area contributed by atoms with Crippen molar-refractivity contribution < 1.29 is 15.0 Å². The third-order valence-electron chi connectivity index (χ3n) is 3.68. The minimum Gasteiger partial charge on any atom is -0.481 e. The van der Waals surface area contributed by atoms with Crippen LogP contribution in [0.15, 0.2) is 0 Å². The van der Waals surface area contributed by atoms with Gasteiger partial charge in [-0.3, -0.25) is 4.79 Å². The summed E-state index contributed by atoms with van der Waals surface area (Å²) in [6.07, 6.45) is 8.61. The lowest BCUT2D eigenvalue weighted by Crippen LogP contribution is -2.39. The summed E-state index contributed by atoms with van der Waals surface area (Å²) in [5.41, 5.74) is -1.06. The van der Waals surface area contributed by atoms with Crippen LogP contribution in [0.3, 0.4) is 0 Å². The number of carboxylic acids is 1.